The Morgan fingerprint density at radius 3 is 2.64 bits per heavy atom. The third-order valence-electron chi connectivity index (χ3n) is 3.34. The van der Waals surface area contributed by atoms with Crippen LogP contribution in [-0.4, -0.2) is 9.78 Å². The normalized spacial score (nSPS) is 27.9. The van der Waals surface area contributed by atoms with E-state index in [0.717, 1.165) is 10.5 Å². The van der Waals surface area contributed by atoms with Crippen LogP contribution in [0, 0.1) is 5.92 Å². The van der Waals surface area contributed by atoms with Gasteiger partial charge in [-0.2, -0.15) is 5.10 Å². The van der Waals surface area contributed by atoms with Crippen LogP contribution in [0.4, 0.5) is 0 Å². The van der Waals surface area contributed by atoms with Crippen LogP contribution in [0.5, 0.6) is 0 Å². The van der Waals surface area contributed by atoms with E-state index < -0.39 is 0 Å². The number of nitrogens with zero attached hydrogens (tertiary/aromatic N) is 2. The molecule has 1 heterocycles. The van der Waals surface area contributed by atoms with Crippen molar-refractivity contribution in [1.29, 1.82) is 0 Å². The third-order valence-corrected chi connectivity index (χ3v) is 3.77. The minimum Gasteiger partial charge on any atom is -0.269 e. The molecule has 1 aromatic heterocycles. The van der Waals surface area contributed by atoms with E-state index in [2.05, 4.69) is 38.8 Å². The van der Waals surface area contributed by atoms with Crippen LogP contribution in [-0.2, 0) is 0 Å². The summed E-state index contributed by atoms with van der Waals surface area (Å²) >= 11 is 3.39. The summed E-state index contributed by atoms with van der Waals surface area (Å²) in [6, 6.07) is 2.66. The summed E-state index contributed by atoms with van der Waals surface area (Å²) in [7, 11) is 0. The lowest BCUT2D eigenvalue weighted by Crippen LogP contribution is -2.18. The zero-order chi connectivity index (χ0) is 9.97. The van der Waals surface area contributed by atoms with Gasteiger partial charge in [-0.15, -0.1) is 0 Å². The zero-order valence-corrected chi connectivity index (χ0v) is 10.2. The first-order chi connectivity index (χ1) is 6.79. The first-order valence-corrected chi connectivity index (χ1v) is 6.29. The molecule has 0 N–H and O–H groups in total. The molecular formula is C11H17BrN2. The molecule has 1 fully saturated rings. The summed E-state index contributed by atoms with van der Waals surface area (Å²) in [5.41, 5.74) is 0. The highest BCUT2D eigenvalue weighted by Crippen LogP contribution is 2.33. The molecule has 1 saturated carbocycles. The van der Waals surface area contributed by atoms with Gasteiger partial charge in [-0.1, -0.05) is 13.3 Å². The van der Waals surface area contributed by atoms with E-state index in [1.807, 2.05) is 6.07 Å². The van der Waals surface area contributed by atoms with Crippen LogP contribution in [0.1, 0.15) is 45.1 Å². The summed E-state index contributed by atoms with van der Waals surface area (Å²) in [5, 5.41) is 4.42. The molecule has 0 bridgehead atoms. The van der Waals surface area contributed by atoms with Gasteiger partial charge >= 0.3 is 0 Å². The molecule has 0 aliphatic heterocycles. The summed E-state index contributed by atoms with van der Waals surface area (Å²) in [4.78, 5) is 0. The van der Waals surface area contributed by atoms with E-state index in [1.54, 1.807) is 0 Å². The molecule has 0 radical (unpaired) electrons. The van der Waals surface area contributed by atoms with Crippen LogP contribution in [0.15, 0.2) is 16.9 Å². The van der Waals surface area contributed by atoms with Crippen molar-refractivity contribution in [2.75, 3.05) is 0 Å². The van der Waals surface area contributed by atoms with Gasteiger partial charge in [0.2, 0.25) is 0 Å². The fraction of sp³-hybridized carbons (Fsp3) is 0.727. The third kappa shape index (κ3) is 2.19. The van der Waals surface area contributed by atoms with Crippen LogP contribution in [0.2, 0.25) is 0 Å². The average Bonchev–Trinajstić information content (AvgIpc) is 2.65. The quantitative estimate of drug-likeness (QED) is 0.788. The van der Waals surface area contributed by atoms with Gasteiger partial charge in [0, 0.05) is 6.20 Å². The lowest BCUT2D eigenvalue weighted by Gasteiger charge is -2.27. The van der Waals surface area contributed by atoms with Crippen molar-refractivity contribution in [2.45, 2.75) is 45.1 Å². The van der Waals surface area contributed by atoms with Crippen molar-refractivity contribution in [2.24, 2.45) is 5.92 Å². The lowest BCUT2D eigenvalue weighted by molar-refractivity contribution is 0.256. The SMILES string of the molecule is CCC1CCC(n2ccc(Br)n2)CC1. The van der Waals surface area contributed by atoms with Gasteiger partial charge < -0.3 is 0 Å². The fourth-order valence-corrected chi connectivity index (χ4v) is 2.64. The Morgan fingerprint density at radius 1 is 1.43 bits per heavy atom. The van der Waals surface area contributed by atoms with Gasteiger partial charge in [0.15, 0.2) is 0 Å². The molecule has 78 valence electrons. The molecule has 14 heavy (non-hydrogen) atoms. The predicted octanol–water partition coefficient (Wildman–Crippen LogP) is 3.79. The molecule has 1 aromatic rings. The van der Waals surface area contributed by atoms with Crippen molar-refractivity contribution in [3.8, 4) is 0 Å². The van der Waals surface area contributed by atoms with Gasteiger partial charge in [-0.3, -0.25) is 4.68 Å². The highest BCUT2D eigenvalue weighted by Gasteiger charge is 2.21. The molecule has 1 aliphatic carbocycles. The maximum Gasteiger partial charge on any atom is 0.128 e. The van der Waals surface area contributed by atoms with E-state index in [0.29, 0.717) is 6.04 Å². The molecule has 0 saturated heterocycles. The maximum atomic E-state index is 4.42. The Balaban J connectivity index is 1.95. The Kier molecular flexibility index (Phi) is 3.26. The Hall–Kier alpha value is -0.310. The van der Waals surface area contributed by atoms with Crippen molar-refractivity contribution in [3.63, 3.8) is 0 Å². The van der Waals surface area contributed by atoms with Crippen LogP contribution >= 0.6 is 15.9 Å². The molecule has 0 aromatic carbocycles. The lowest BCUT2D eigenvalue weighted by atomic mass is 9.85. The second-order valence-corrected chi connectivity index (χ2v) is 5.01. The topological polar surface area (TPSA) is 17.8 Å². The zero-order valence-electron chi connectivity index (χ0n) is 8.62. The molecule has 3 heteroatoms. The Morgan fingerprint density at radius 2 is 2.14 bits per heavy atom. The maximum absolute atomic E-state index is 4.42. The van der Waals surface area contributed by atoms with Crippen molar-refractivity contribution in [3.05, 3.63) is 16.9 Å². The van der Waals surface area contributed by atoms with Gasteiger partial charge in [0.05, 0.1) is 6.04 Å². The largest absolute Gasteiger partial charge is 0.269 e. The van der Waals surface area contributed by atoms with E-state index >= 15 is 0 Å². The van der Waals surface area contributed by atoms with Crippen LogP contribution in [0.25, 0.3) is 0 Å². The fourth-order valence-electron chi connectivity index (χ4n) is 2.34. The molecule has 0 amide bonds. The minimum atomic E-state index is 0.643. The summed E-state index contributed by atoms with van der Waals surface area (Å²) in [5.74, 6) is 0.963. The molecule has 0 unspecified atom stereocenters. The van der Waals surface area contributed by atoms with E-state index in [1.165, 1.54) is 32.1 Å². The van der Waals surface area contributed by atoms with Crippen molar-refractivity contribution in [1.82, 2.24) is 9.78 Å². The first-order valence-electron chi connectivity index (χ1n) is 5.50. The van der Waals surface area contributed by atoms with Crippen molar-refractivity contribution >= 4 is 15.9 Å². The van der Waals surface area contributed by atoms with Gasteiger partial charge in [-0.05, 0) is 53.6 Å². The van der Waals surface area contributed by atoms with Gasteiger partial charge in [0.25, 0.3) is 0 Å². The highest BCUT2D eigenvalue weighted by molar-refractivity contribution is 9.10. The van der Waals surface area contributed by atoms with Crippen LogP contribution < -0.4 is 0 Å². The molecule has 2 rings (SSSR count). The second-order valence-electron chi connectivity index (χ2n) is 4.20. The molecule has 1 aliphatic rings. The Labute approximate surface area is 93.8 Å². The highest BCUT2D eigenvalue weighted by atomic mass is 79.9. The van der Waals surface area contributed by atoms with Gasteiger partial charge in [0.1, 0.15) is 4.60 Å². The molecule has 0 spiro atoms. The Bertz CT molecular complexity index is 287. The summed E-state index contributed by atoms with van der Waals surface area (Å²) < 4.78 is 3.07. The van der Waals surface area contributed by atoms with E-state index in [-0.39, 0.29) is 0 Å². The number of hydrogen-bond donors (Lipinski definition) is 0. The number of hydrogen-bond acceptors (Lipinski definition) is 1. The first kappa shape index (κ1) is 10.2. The number of aromatic nitrogens is 2. The van der Waals surface area contributed by atoms with Crippen molar-refractivity contribution < 1.29 is 0 Å². The van der Waals surface area contributed by atoms with E-state index in [4.69, 9.17) is 0 Å². The number of rotatable bonds is 2. The molecule has 2 nitrogen and oxygen atoms in total. The summed E-state index contributed by atoms with van der Waals surface area (Å²) in [6.07, 6.45) is 8.77. The van der Waals surface area contributed by atoms with E-state index in [9.17, 15) is 0 Å². The number of halogens is 1. The smallest absolute Gasteiger partial charge is 0.128 e. The predicted molar refractivity (Wildman–Crippen MR) is 61.2 cm³/mol. The second kappa shape index (κ2) is 4.47. The van der Waals surface area contributed by atoms with Crippen LogP contribution in [0.3, 0.4) is 0 Å². The monoisotopic (exact) mass is 256 g/mol. The molecule has 0 atom stereocenters. The standard InChI is InChI=1S/C11H17BrN2/c1-2-9-3-5-10(6-4-9)14-8-7-11(12)13-14/h7-10H,2-6H2,1H3. The van der Waals surface area contributed by atoms with Gasteiger partial charge in [-0.25, -0.2) is 0 Å². The minimum absolute atomic E-state index is 0.643. The summed E-state index contributed by atoms with van der Waals surface area (Å²) in [6.45, 7) is 2.30. The molecular weight excluding hydrogens is 240 g/mol. The average molecular weight is 257 g/mol.